The van der Waals surface area contributed by atoms with Gasteiger partial charge in [0, 0.05) is 6.54 Å². The zero-order chi connectivity index (χ0) is 15.5. The third-order valence-corrected chi connectivity index (χ3v) is 3.95. The molecule has 1 aromatic carbocycles. The molecule has 6 heteroatoms. The van der Waals surface area contributed by atoms with Gasteiger partial charge in [0.1, 0.15) is 5.82 Å². The Balaban J connectivity index is 1.96. The Morgan fingerprint density at radius 1 is 1.33 bits per heavy atom. The number of amides is 2. The fourth-order valence-electron chi connectivity index (χ4n) is 2.62. The molecule has 0 aliphatic heterocycles. The minimum atomic E-state index is -1.17. The number of hydrogen-bond acceptors (Lipinski definition) is 2. The number of halogens is 1. The quantitative estimate of drug-likeness (QED) is 0.797. The fraction of sp³-hybridized carbons (Fsp3) is 0.467. The second-order valence-electron chi connectivity index (χ2n) is 5.83. The second kappa shape index (κ2) is 6.11. The smallest absolute Gasteiger partial charge is 0.335 e. The average Bonchev–Trinajstić information content (AvgIpc) is 2.86. The van der Waals surface area contributed by atoms with Gasteiger partial charge in [-0.05, 0) is 36.5 Å². The minimum absolute atomic E-state index is 0.0746. The number of hydrogen-bond donors (Lipinski definition) is 3. The number of urea groups is 1. The number of rotatable bonds is 4. The fourth-order valence-corrected chi connectivity index (χ4v) is 2.62. The van der Waals surface area contributed by atoms with Gasteiger partial charge in [0.15, 0.2) is 0 Å². The van der Waals surface area contributed by atoms with E-state index in [0.717, 1.165) is 43.9 Å². The number of anilines is 1. The maximum atomic E-state index is 13.6. The van der Waals surface area contributed by atoms with Gasteiger partial charge in [-0.1, -0.05) is 19.8 Å². The number of aromatic carboxylic acids is 1. The van der Waals surface area contributed by atoms with Gasteiger partial charge >= 0.3 is 12.0 Å². The standard InChI is InChI=1S/C15H19FN2O3/c1-15(6-2-3-7-15)9-17-14(21)18-12-8-10(13(19)20)4-5-11(12)16/h4-5,8H,2-3,6-7,9H2,1H3,(H,19,20)(H2,17,18,21). The number of carboxylic acid groups (broad SMARTS) is 1. The largest absolute Gasteiger partial charge is 0.478 e. The lowest BCUT2D eigenvalue weighted by Crippen LogP contribution is -2.37. The number of nitrogens with one attached hydrogen (secondary N) is 2. The summed E-state index contributed by atoms with van der Waals surface area (Å²) in [7, 11) is 0. The number of benzene rings is 1. The third kappa shape index (κ3) is 3.93. The van der Waals surface area contributed by atoms with Crippen LogP contribution in [0, 0.1) is 11.2 Å². The predicted molar refractivity (Wildman–Crippen MR) is 77.0 cm³/mol. The Kier molecular flexibility index (Phi) is 4.45. The molecule has 0 atom stereocenters. The molecule has 3 N–H and O–H groups in total. The predicted octanol–water partition coefficient (Wildman–Crippen LogP) is 3.23. The highest BCUT2D eigenvalue weighted by Gasteiger charge is 2.28. The molecule has 0 bridgehead atoms. The summed E-state index contributed by atoms with van der Waals surface area (Å²) in [6.07, 6.45) is 4.45. The Hall–Kier alpha value is -2.11. The van der Waals surface area contributed by atoms with Gasteiger partial charge in [-0.15, -0.1) is 0 Å². The van der Waals surface area contributed by atoms with E-state index in [-0.39, 0.29) is 16.7 Å². The molecule has 114 valence electrons. The zero-order valence-corrected chi connectivity index (χ0v) is 11.9. The molecule has 1 fully saturated rings. The zero-order valence-electron chi connectivity index (χ0n) is 11.9. The molecular formula is C15H19FN2O3. The Morgan fingerprint density at radius 2 is 2.00 bits per heavy atom. The van der Waals surface area contributed by atoms with Crippen LogP contribution < -0.4 is 10.6 Å². The third-order valence-electron chi connectivity index (χ3n) is 3.95. The number of carbonyl (C=O) groups excluding carboxylic acids is 1. The van der Waals surface area contributed by atoms with Crippen LogP contribution in [0.4, 0.5) is 14.9 Å². The summed E-state index contributed by atoms with van der Waals surface area (Å²) < 4.78 is 13.6. The van der Waals surface area contributed by atoms with E-state index < -0.39 is 17.8 Å². The van der Waals surface area contributed by atoms with Crippen LogP contribution in [-0.4, -0.2) is 23.7 Å². The van der Waals surface area contributed by atoms with Crippen LogP contribution in [0.25, 0.3) is 0 Å². The van der Waals surface area contributed by atoms with Crippen LogP contribution in [0.5, 0.6) is 0 Å². The van der Waals surface area contributed by atoms with Crippen molar-refractivity contribution in [2.45, 2.75) is 32.6 Å². The lowest BCUT2D eigenvalue weighted by atomic mass is 9.89. The lowest BCUT2D eigenvalue weighted by molar-refractivity contribution is 0.0697. The number of carbonyl (C=O) groups is 2. The monoisotopic (exact) mass is 294 g/mol. The van der Waals surface area contributed by atoms with Crippen LogP contribution in [0.2, 0.25) is 0 Å². The van der Waals surface area contributed by atoms with Crippen LogP contribution in [0.1, 0.15) is 43.0 Å². The molecule has 0 saturated heterocycles. The maximum absolute atomic E-state index is 13.6. The second-order valence-corrected chi connectivity index (χ2v) is 5.83. The van der Waals surface area contributed by atoms with Gasteiger partial charge in [0.25, 0.3) is 0 Å². The van der Waals surface area contributed by atoms with Gasteiger partial charge in [0.2, 0.25) is 0 Å². The van der Waals surface area contributed by atoms with E-state index in [1.807, 2.05) is 0 Å². The molecule has 21 heavy (non-hydrogen) atoms. The molecule has 1 saturated carbocycles. The molecule has 2 rings (SSSR count). The van der Waals surface area contributed by atoms with Crippen molar-refractivity contribution in [3.05, 3.63) is 29.6 Å². The highest BCUT2D eigenvalue weighted by molar-refractivity contribution is 5.93. The molecule has 0 spiro atoms. The van der Waals surface area contributed by atoms with E-state index in [9.17, 15) is 14.0 Å². The van der Waals surface area contributed by atoms with Crippen molar-refractivity contribution in [2.24, 2.45) is 5.41 Å². The summed E-state index contributed by atoms with van der Waals surface area (Å²) in [6, 6.07) is 2.76. The molecule has 0 aromatic heterocycles. The van der Waals surface area contributed by atoms with Crippen molar-refractivity contribution < 1.29 is 19.1 Å². The van der Waals surface area contributed by atoms with Crippen molar-refractivity contribution >= 4 is 17.7 Å². The first-order valence-electron chi connectivity index (χ1n) is 6.97. The Labute approximate surface area is 122 Å². The van der Waals surface area contributed by atoms with Crippen molar-refractivity contribution in [2.75, 3.05) is 11.9 Å². The highest BCUT2D eigenvalue weighted by Crippen LogP contribution is 2.36. The molecule has 1 aliphatic carbocycles. The summed E-state index contributed by atoms with van der Waals surface area (Å²) in [5.41, 5.74) is -0.114. The molecule has 2 amide bonds. The molecule has 0 heterocycles. The summed E-state index contributed by atoms with van der Waals surface area (Å²) in [5.74, 6) is -1.83. The van der Waals surface area contributed by atoms with E-state index in [4.69, 9.17) is 5.11 Å². The van der Waals surface area contributed by atoms with Crippen molar-refractivity contribution in [1.29, 1.82) is 0 Å². The first-order chi connectivity index (χ1) is 9.89. The molecule has 5 nitrogen and oxygen atoms in total. The van der Waals surface area contributed by atoms with Crippen molar-refractivity contribution in [1.82, 2.24) is 5.32 Å². The molecule has 1 aromatic rings. The topological polar surface area (TPSA) is 78.4 Å². The summed E-state index contributed by atoms with van der Waals surface area (Å²) in [5, 5.41) is 13.9. The van der Waals surface area contributed by atoms with Crippen molar-refractivity contribution in [3.8, 4) is 0 Å². The van der Waals surface area contributed by atoms with Crippen LogP contribution in [0.3, 0.4) is 0 Å². The molecule has 0 unspecified atom stereocenters. The van der Waals surface area contributed by atoms with Crippen molar-refractivity contribution in [3.63, 3.8) is 0 Å². The Morgan fingerprint density at radius 3 is 2.62 bits per heavy atom. The molecule has 1 aliphatic rings. The first-order valence-corrected chi connectivity index (χ1v) is 6.97. The number of carboxylic acids is 1. The van der Waals surface area contributed by atoms with Crippen LogP contribution in [-0.2, 0) is 0 Å². The van der Waals surface area contributed by atoms with Gasteiger partial charge in [-0.2, -0.15) is 0 Å². The average molecular weight is 294 g/mol. The van der Waals surface area contributed by atoms with Crippen LogP contribution in [0.15, 0.2) is 18.2 Å². The summed E-state index contributed by atoms with van der Waals surface area (Å²) in [6.45, 7) is 2.64. The summed E-state index contributed by atoms with van der Waals surface area (Å²) in [4.78, 5) is 22.6. The molecular weight excluding hydrogens is 275 g/mol. The van der Waals surface area contributed by atoms with Gasteiger partial charge in [-0.25, -0.2) is 14.0 Å². The van der Waals surface area contributed by atoms with Gasteiger partial charge in [-0.3, -0.25) is 0 Å². The summed E-state index contributed by atoms with van der Waals surface area (Å²) >= 11 is 0. The van der Waals surface area contributed by atoms with Gasteiger partial charge < -0.3 is 15.7 Å². The van der Waals surface area contributed by atoms with E-state index in [2.05, 4.69) is 17.6 Å². The van der Waals surface area contributed by atoms with Crippen LogP contribution >= 0.6 is 0 Å². The van der Waals surface area contributed by atoms with E-state index in [1.165, 1.54) is 0 Å². The highest BCUT2D eigenvalue weighted by atomic mass is 19.1. The Bertz CT molecular complexity index is 554. The first kappa shape index (κ1) is 15.3. The molecule has 0 radical (unpaired) electrons. The van der Waals surface area contributed by atoms with E-state index >= 15 is 0 Å². The van der Waals surface area contributed by atoms with E-state index in [0.29, 0.717) is 6.54 Å². The lowest BCUT2D eigenvalue weighted by Gasteiger charge is -2.23. The maximum Gasteiger partial charge on any atom is 0.335 e. The van der Waals surface area contributed by atoms with Gasteiger partial charge in [0.05, 0.1) is 11.3 Å². The minimum Gasteiger partial charge on any atom is -0.478 e. The van der Waals surface area contributed by atoms with E-state index in [1.54, 1.807) is 0 Å². The normalized spacial score (nSPS) is 16.5. The SMILES string of the molecule is CC1(CNC(=O)Nc2cc(C(=O)O)ccc2F)CCCC1.